The Morgan fingerprint density at radius 1 is 0.867 bits per heavy atom. The molecule has 2 atom stereocenters. The van der Waals surface area contributed by atoms with Crippen LogP contribution in [-0.4, -0.2) is 43.4 Å². The maximum Gasteiger partial charge on any atom is 0.407 e. The lowest BCUT2D eigenvalue weighted by Crippen LogP contribution is -2.45. The first kappa shape index (κ1) is 32.2. The van der Waals surface area contributed by atoms with E-state index in [1.165, 1.54) is 0 Å². The molecule has 1 aromatic heterocycles. The van der Waals surface area contributed by atoms with Crippen molar-refractivity contribution in [3.05, 3.63) is 95.7 Å². The molecular weight excluding hydrogens is 581 g/mol. The molecule has 236 valence electrons. The fourth-order valence-corrected chi connectivity index (χ4v) is 7.30. The highest BCUT2D eigenvalue weighted by Crippen LogP contribution is 2.44. The number of rotatable bonds is 12. The van der Waals surface area contributed by atoms with Gasteiger partial charge < -0.3 is 19.0 Å². The Kier molecular flexibility index (Phi) is 9.63. The van der Waals surface area contributed by atoms with Crippen molar-refractivity contribution < 1.29 is 23.5 Å². The number of hydrogen-bond donors (Lipinski definition) is 1. The molecule has 0 saturated heterocycles. The van der Waals surface area contributed by atoms with Gasteiger partial charge >= 0.3 is 6.09 Å². The van der Waals surface area contributed by atoms with E-state index in [0.29, 0.717) is 6.42 Å². The van der Waals surface area contributed by atoms with Crippen molar-refractivity contribution in [3.8, 4) is 11.1 Å². The van der Waals surface area contributed by atoms with E-state index in [0.717, 1.165) is 38.7 Å². The van der Waals surface area contributed by atoms with Gasteiger partial charge in [-0.2, -0.15) is 0 Å². The Balaban J connectivity index is 1.28. The minimum atomic E-state index is -2.10. The van der Waals surface area contributed by atoms with Crippen LogP contribution >= 0.6 is 0 Å². The second kappa shape index (κ2) is 13.4. The van der Waals surface area contributed by atoms with E-state index < -0.39 is 20.5 Å². The number of carbonyl (C=O) groups excluding carboxylic acids is 3. The van der Waals surface area contributed by atoms with Gasteiger partial charge in [-0.1, -0.05) is 80.6 Å². The van der Waals surface area contributed by atoms with Crippen molar-refractivity contribution in [3.63, 3.8) is 0 Å². The second-order valence-corrected chi connectivity index (χ2v) is 17.9. The summed E-state index contributed by atoms with van der Waals surface area (Å²) in [5.41, 5.74) is 6.75. The predicted molar refractivity (Wildman–Crippen MR) is 181 cm³/mol. The third-order valence-corrected chi connectivity index (χ3v) is 9.32. The van der Waals surface area contributed by atoms with E-state index >= 15 is 0 Å². The van der Waals surface area contributed by atoms with E-state index in [-0.39, 0.29) is 49.0 Å². The molecule has 3 aromatic carbocycles. The van der Waals surface area contributed by atoms with Gasteiger partial charge in [0.15, 0.2) is 5.78 Å². The number of aromatic nitrogens is 1. The number of nitrogens with zero attached hydrogens (tertiary/aromatic N) is 1. The van der Waals surface area contributed by atoms with Gasteiger partial charge in [0, 0.05) is 42.9 Å². The fraction of sp³-hybridized carbons (Fsp3) is 0.378. The number of carbonyl (C=O) groups is 3. The monoisotopic (exact) mass is 624 g/mol. The Morgan fingerprint density at radius 3 is 2.09 bits per heavy atom. The molecule has 0 bridgehead atoms. The van der Waals surface area contributed by atoms with Crippen LogP contribution < -0.4 is 5.32 Å². The summed E-state index contributed by atoms with van der Waals surface area (Å²) in [5.74, 6) is -0.913. The third kappa shape index (κ3) is 7.56. The summed E-state index contributed by atoms with van der Waals surface area (Å²) in [6.45, 7) is 9.91. The highest BCUT2D eigenvalue weighted by atomic mass is 28.4. The molecule has 0 saturated carbocycles. The number of nitrogens with one attached hydrogen (secondary N) is 1. The molecule has 5 rings (SSSR count). The predicted octanol–water partition coefficient (Wildman–Crippen LogP) is 7.63. The van der Waals surface area contributed by atoms with Crippen LogP contribution in [0.4, 0.5) is 4.79 Å². The molecule has 0 unspecified atom stereocenters. The summed E-state index contributed by atoms with van der Waals surface area (Å²) >= 11 is 0. The van der Waals surface area contributed by atoms with Gasteiger partial charge in [0.2, 0.25) is 8.32 Å². The molecule has 0 radical (unpaired) electrons. The van der Waals surface area contributed by atoms with Gasteiger partial charge in [-0.3, -0.25) is 9.59 Å². The molecule has 1 aliphatic rings. The Labute approximate surface area is 267 Å². The van der Waals surface area contributed by atoms with Crippen LogP contribution in [0, 0.1) is 11.8 Å². The number of aryl methyl sites for hydroxylation is 1. The lowest BCUT2D eigenvalue weighted by molar-refractivity contribution is -0.136. The number of ketones is 1. The molecule has 1 heterocycles. The zero-order valence-electron chi connectivity index (χ0n) is 27.1. The number of amides is 1. The smallest absolute Gasteiger partial charge is 0.407 e. The normalized spacial score (nSPS) is 14.1. The maximum absolute atomic E-state index is 13.8. The average Bonchev–Trinajstić information content (AvgIpc) is 3.47. The van der Waals surface area contributed by atoms with Gasteiger partial charge in [0.05, 0.1) is 6.04 Å². The van der Waals surface area contributed by atoms with Crippen molar-refractivity contribution in [1.82, 2.24) is 9.88 Å². The highest BCUT2D eigenvalue weighted by Gasteiger charge is 2.32. The molecular formula is C37H44N2O5Si. The van der Waals surface area contributed by atoms with Crippen LogP contribution in [0.15, 0.2) is 79.0 Å². The number of hydrogen-bond acceptors (Lipinski definition) is 5. The summed E-state index contributed by atoms with van der Waals surface area (Å²) < 4.78 is 13.6. The van der Waals surface area contributed by atoms with Gasteiger partial charge in [-0.25, -0.2) is 4.79 Å². The van der Waals surface area contributed by atoms with E-state index in [1.807, 2.05) is 76.9 Å². The topological polar surface area (TPSA) is 86.6 Å². The lowest BCUT2D eigenvalue weighted by Gasteiger charge is -2.25. The SMILES string of the molecule is CC(C)[C@H](NC(=O)OCC1c2ccccc2-c2ccccc21)C(=O)C[C@H](CC(=O)O[Si](C)(C)C)Cc1cn(C)c2ccccc12. The summed E-state index contributed by atoms with van der Waals surface area (Å²) in [7, 11) is -0.0986. The van der Waals surface area contributed by atoms with Crippen molar-refractivity contribution in [1.29, 1.82) is 0 Å². The molecule has 7 nitrogen and oxygen atoms in total. The molecule has 1 amide bonds. The van der Waals surface area contributed by atoms with Crippen molar-refractivity contribution >= 4 is 37.1 Å². The summed E-state index contributed by atoms with van der Waals surface area (Å²) in [6.07, 6.45) is 2.27. The molecule has 1 N–H and O–H groups in total. The fourth-order valence-electron chi connectivity index (χ4n) is 6.53. The number of ether oxygens (including phenoxy) is 1. The summed E-state index contributed by atoms with van der Waals surface area (Å²) in [4.78, 5) is 40.0. The molecule has 0 fully saturated rings. The zero-order chi connectivity index (χ0) is 32.3. The quantitative estimate of drug-likeness (QED) is 0.164. The average molecular weight is 625 g/mol. The number of benzene rings is 3. The number of Topliss-reactive ketones (excluding diaryl/α,β-unsaturated/α-hetero) is 1. The van der Waals surface area contributed by atoms with Crippen molar-refractivity contribution in [2.75, 3.05) is 6.61 Å². The van der Waals surface area contributed by atoms with Gasteiger partial charge in [0.1, 0.15) is 6.61 Å². The minimum absolute atomic E-state index is 0.0705. The Hall–Kier alpha value is -4.17. The summed E-state index contributed by atoms with van der Waals surface area (Å²) in [6, 6.07) is 23.7. The standard InChI is InChI=1S/C37H44N2O5Si/c1-24(2)36(38-37(42)43-23-32-30-16-9-7-14-28(30)29-15-8-10-17-31(29)32)34(40)20-25(21-35(41)44-45(4,5)6)19-26-22-39(3)33-18-12-11-13-27(26)33/h7-18,22,24-25,32,36H,19-21,23H2,1-6H3,(H,38,42)/t25-,36+/m1/s1. The Morgan fingerprint density at radius 2 is 1.47 bits per heavy atom. The molecule has 0 spiro atoms. The summed E-state index contributed by atoms with van der Waals surface area (Å²) in [5, 5.41) is 3.96. The second-order valence-electron chi connectivity index (χ2n) is 13.5. The van der Waals surface area contributed by atoms with Gasteiger partial charge in [-0.15, -0.1) is 0 Å². The van der Waals surface area contributed by atoms with E-state index in [4.69, 9.17) is 9.16 Å². The van der Waals surface area contributed by atoms with Crippen LogP contribution in [0.5, 0.6) is 0 Å². The van der Waals surface area contributed by atoms with Gasteiger partial charge in [0.25, 0.3) is 5.97 Å². The molecule has 8 heteroatoms. The molecule has 45 heavy (non-hydrogen) atoms. The van der Waals surface area contributed by atoms with Crippen molar-refractivity contribution in [2.24, 2.45) is 18.9 Å². The number of para-hydroxylation sites is 1. The molecule has 4 aromatic rings. The number of fused-ring (bicyclic) bond motifs is 4. The third-order valence-electron chi connectivity index (χ3n) is 8.48. The first-order chi connectivity index (χ1) is 21.4. The number of alkyl carbamates (subject to hydrolysis) is 1. The first-order valence-corrected chi connectivity index (χ1v) is 19.2. The van der Waals surface area contributed by atoms with Crippen LogP contribution in [0.3, 0.4) is 0 Å². The Bertz CT molecular complexity index is 1660. The van der Waals surface area contributed by atoms with E-state index in [1.54, 1.807) is 0 Å². The highest BCUT2D eigenvalue weighted by molar-refractivity contribution is 6.71. The lowest BCUT2D eigenvalue weighted by atomic mass is 9.87. The maximum atomic E-state index is 13.8. The van der Waals surface area contributed by atoms with Crippen LogP contribution in [0.2, 0.25) is 19.6 Å². The first-order valence-electron chi connectivity index (χ1n) is 15.8. The zero-order valence-corrected chi connectivity index (χ0v) is 28.1. The van der Waals surface area contributed by atoms with E-state index in [2.05, 4.69) is 52.5 Å². The van der Waals surface area contributed by atoms with Crippen LogP contribution in [0.25, 0.3) is 22.0 Å². The van der Waals surface area contributed by atoms with Gasteiger partial charge in [-0.05, 0) is 71.8 Å². The van der Waals surface area contributed by atoms with Crippen LogP contribution in [0.1, 0.15) is 49.3 Å². The van der Waals surface area contributed by atoms with Crippen molar-refractivity contribution in [2.45, 2.75) is 64.7 Å². The van der Waals surface area contributed by atoms with Crippen LogP contribution in [-0.2, 0) is 32.2 Å². The molecule has 0 aliphatic heterocycles. The largest absolute Gasteiger partial charge is 0.520 e. The van der Waals surface area contributed by atoms with E-state index in [9.17, 15) is 14.4 Å². The minimum Gasteiger partial charge on any atom is -0.520 e. The molecule has 1 aliphatic carbocycles.